The van der Waals surface area contributed by atoms with E-state index in [0.717, 1.165) is 34.9 Å². The van der Waals surface area contributed by atoms with Crippen molar-refractivity contribution in [1.82, 2.24) is 4.90 Å². The Kier molecular flexibility index (Phi) is 4.10. The van der Waals surface area contributed by atoms with Gasteiger partial charge in [0.1, 0.15) is 0 Å². The van der Waals surface area contributed by atoms with E-state index in [1.54, 1.807) is 0 Å². The Bertz CT molecular complexity index is 458. The van der Waals surface area contributed by atoms with Gasteiger partial charge in [-0.05, 0) is 60.7 Å². The Balaban J connectivity index is 2.33. The van der Waals surface area contributed by atoms with Gasteiger partial charge in [0.15, 0.2) is 0 Å². The number of carbonyl (C=O) groups excluding carboxylic acids is 1. The van der Waals surface area contributed by atoms with Gasteiger partial charge in [-0.2, -0.15) is 0 Å². The highest BCUT2D eigenvalue weighted by Crippen LogP contribution is 2.30. The summed E-state index contributed by atoms with van der Waals surface area (Å²) in [5.41, 5.74) is 1.91. The molecule has 1 aromatic rings. The van der Waals surface area contributed by atoms with Crippen LogP contribution < -0.4 is 0 Å². The molecule has 1 aliphatic heterocycles. The lowest BCUT2D eigenvalue weighted by Gasteiger charge is -2.28. The van der Waals surface area contributed by atoms with Crippen LogP contribution in [-0.2, 0) is 0 Å². The predicted molar refractivity (Wildman–Crippen MR) is 77.8 cm³/mol. The zero-order valence-electron chi connectivity index (χ0n) is 11.2. The van der Waals surface area contributed by atoms with Crippen LogP contribution in [0.4, 0.5) is 0 Å². The first kappa shape index (κ1) is 13.6. The van der Waals surface area contributed by atoms with Gasteiger partial charge in [-0.1, -0.05) is 19.1 Å². The maximum Gasteiger partial charge on any atom is 0.255 e. The number of carbonyl (C=O) groups is 1. The monoisotopic (exact) mass is 309 g/mol. The largest absolute Gasteiger partial charge is 0.333 e. The molecule has 3 heteroatoms. The minimum Gasteiger partial charge on any atom is -0.333 e. The number of aryl methyl sites for hydroxylation is 1. The number of hydrogen-bond acceptors (Lipinski definition) is 1. The number of hydrogen-bond donors (Lipinski definition) is 0. The third-order valence-electron chi connectivity index (χ3n) is 3.91. The summed E-state index contributed by atoms with van der Waals surface area (Å²) in [7, 11) is 0. The quantitative estimate of drug-likeness (QED) is 0.803. The smallest absolute Gasteiger partial charge is 0.255 e. The van der Waals surface area contributed by atoms with Crippen LogP contribution >= 0.6 is 15.9 Å². The zero-order valence-corrected chi connectivity index (χ0v) is 12.8. The average Bonchev–Trinajstić information content (AvgIpc) is 2.73. The minimum atomic E-state index is 0.169. The number of halogens is 1. The van der Waals surface area contributed by atoms with Crippen molar-refractivity contribution < 1.29 is 4.79 Å². The van der Waals surface area contributed by atoms with E-state index in [2.05, 4.69) is 34.7 Å². The van der Waals surface area contributed by atoms with Gasteiger partial charge in [0.2, 0.25) is 0 Å². The van der Waals surface area contributed by atoms with Gasteiger partial charge in [-0.15, -0.1) is 0 Å². The zero-order chi connectivity index (χ0) is 13.3. The Morgan fingerprint density at radius 2 is 2.17 bits per heavy atom. The lowest BCUT2D eigenvalue weighted by atomic mass is 10.1. The maximum atomic E-state index is 12.7. The van der Waals surface area contributed by atoms with Crippen LogP contribution in [0.5, 0.6) is 0 Å². The first-order valence-corrected chi connectivity index (χ1v) is 7.43. The molecule has 2 rings (SSSR count). The summed E-state index contributed by atoms with van der Waals surface area (Å²) >= 11 is 3.54. The molecule has 1 saturated heterocycles. The van der Waals surface area contributed by atoms with Crippen LogP contribution in [0, 0.1) is 6.92 Å². The number of rotatable bonds is 2. The molecule has 2 atom stereocenters. The number of amides is 1. The Hall–Kier alpha value is -0.830. The molecule has 2 nitrogen and oxygen atoms in total. The van der Waals surface area contributed by atoms with Gasteiger partial charge < -0.3 is 4.90 Å². The van der Waals surface area contributed by atoms with E-state index in [-0.39, 0.29) is 5.91 Å². The molecule has 1 aliphatic rings. The van der Waals surface area contributed by atoms with Crippen LogP contribution in [0.15, 0.2) is 22.7 Å². The number of likely N-dealkylation sites (tertiary alicyclic amines) is 1. The van der Waals surface area contributed by atoms with Gasteiger partial charge in [0.05, 0.1) is 5.56 Å². The first-order valence-electron chi connectivity index (χ1n) is 6.64. The van der Waals surface area contributed by atoms with E-state index >= 15 is 0 Å². The molecule has 0 radical (unpaired) electrons. The topological polar surface area (TPSA) is 20.3 Å². The Morgan fingerprint density at radius 3 is 2.83 bits per heavy atom. The summed E-state index contributed by atoms with van der Waals surface area (Å²) in [6.07, 6.45) is 3.29. The van der Waals surface area contributed by atoms with Crippen molar-refractivity contribution in [3.8, 4) is 0 Å². The van der Waals surface area contributed by atoms with E-state index in [9.17, 15) is 4.79 Å². The van der Waals surface area contributed by atoms with Crippen molar-refractivity contribution >= 4 is 21.8 Å². The van der Waals surface area contributed by atoms with Crippen molar-refractivity contribution in [2.75, 3.05) is 0 Å². The highest BCUT2D eigenvalue weighted by Gasteiger charge is 2.34. The van der Waals surface area contributed by atoms with Crippen LogP contribution in [0.1, 0.15) is 49.0 Å². The fraction of sp³-hybridized carbons (Fsp3) is 0.533. The van der Waals surface area contributed by atoms with Crippen molar-refractivity contribution in [3.05, 3.63) is 33.8 Å². The summed E-state index contributed by atoms with van der Waals surface area (Å²) in [4.78, 5) is 14.8. The van der Waals surface area contributed by atoms with Gasteiger partial charge in [0, 0.05) is 16.6 Å². The molecule has 0 saturated carbocycles. The molecule has 1 amide bonds. The minimum absolute atomic E-state index is 0.169. The lowest BCUT2D eigenvalue weighted by Crippen LogP contribution is -2.39. The number of nitrogens with zero attached hydrogens (tertiary/aromatic N) is 1. The third-order valence-corrected chi connectivity index (χ3v) is 4.97. The van der Waals surface area contributed by atoms with Crippen molar-refractivity contribution in [2.24, 2.45) is 0 Å². The Morgan fingerprint density at radius 1 is 1.44 bits per heavy atom. The summed E-state index contributed by atoms with van der Waals surface area (Å²) in [6, 6.07) is 6.65. The summed E-state index contributed by atoms with van der Waals surface area (Å²) < 4.78 is 0.934. The van der Waals surface area contributed by atoms with Crippen LogP contribution in [0.3, 0.4) is 0 Å². The van der Waals surface area contributed by atoms with Crippen molar-refractivity contribution in [3.63, 3.8) is 0 Å². The molecule has 0 aliphatic carbocycles. The predicted octanol–water partition coefficient (Wildman–Crippen LogP) is 4.16. The summed E-state index contributed by atoms with van der Waals surface area (Å²) in [6.45, 7) is 6.33. The molecule has 18 heavy (non-hydrogen) atoms. The van der Waals surface area contributed by atoms with E-state index in [1.165, 1.54) is 0 Å². The molecule has 1 aromatic carbocycles. The summed E-state index contributed by atoms with van der Waals surface area (Å²) in [5.74, 6) is 0.169. The third kappa shape index (κ3) is 2.33. The molecular formula is C15H20BrNO. The van der Waals surface area contributed by atoms with Crippen LogP contribution in [0.2, 0.25) is 0 Å². The second kappa shape index (κ2) is 5.43. The van der Waals surface area contributed by atoms with E-state index in [4.69, 9.17) is 0 Å². The molecule has 0 spiro atoms. The molecule has 1 fully saturated rings. The fourth-order valence-electron chi connectivity index (χ4n) is 2.79. The second-order valence-corrected chi connectivity index (χ2v) is 5.93. The van der Waals surface area contributed by atoms with Crippen LogP contribution in [-0.4, -0.2) is 22.9 Å². The van der Waals surface area contributed by atoms with Gasteiger partial charge in [-0.3, -0.25) is 4.79 Å². The number of benzene rings is 1. The van der Waals surface area contributed by atoms with Gasteiger partial charge >= 0.3 is 0 Å². The standard InChI is InChI=1S/C15H20BrNO/c1-4-12-9-8-11(3)17(12)15(18)13-7-5-6-10(2)14(13)16/h5-7,11-12H,4,8-9H2,1-3H3. The average molecular weight is 310 g/mol. The van der Waals surface area contributed by atoms with Gasteiger partial charge in [0.25, 0.3) is 5.91 Å². The molecule has 2 unspecified atom stereocenters. The SMILES string of the molecule is CCC1CCC(C)N1C(=O)c1cccc(C)c1Br. The van der Waals surface area contributed by atoms with E-state index < -0.39 is 0 Å². The maximum absolute atomic E-state index is 12.7. The van der Waals surface area contributed by atoms with Crippen LogP contribution in [0.25, 0.3) is 0 Å². The molecule has 1 heterocycles. The van der Waals surface area contributed by atoms with Crippen molar-refractivity contribution in [1.29, 1.82) is 0 Å². The highest BCUT2D eigenvalue weighted by atomic mass is 79.9. The van der Waals surface area contributed by atoms with E-state index in [0.29, 0.717) is 12.1 Å². The summed E-state index contributed by atoms with van der Waals surface area (Å²) in [5, 5.41) is 0. The Labute approximate surface area is 117 Å². The van der Waals surface area contributed by atoms with Gasteiger partial charge in [-0.25, -0.2) is 0 Å². The molecule has 0 N–H and O–H groups in total. The fourth-order valence-corrected chi connectivity index (χ4v) is 3.22. The van der Waals surface area contributed by atoms with E-state index in [1.807, 2.05) is 25.1 Å². The molecular weight excluding hydrogens is 290 g/mol. The first-order chi connectivity index (χ1) is 8.56. The second-order valence-electron chi connectivity index (χ2n) is 5.14. The molecule has 98 valence electrons. The lowest BCUT2D eigenvalue weighted by molar-refractivity contribution is 0.0675. The normalized spacial score (nSPS) is 23.4. The van der Waals surface area contributed by atoms with Crippen molar-refractivity contribution in [2.45, 2.75) is 52.1 Å². The highest BCUT2D eigenvalue weighted by molar-refractivity contribution is 9.10. The molecule has 0 bridgehead atoms. The molecule has 0 aromatic heterocycles.